The molecule has 0 spiro atoms. The van der Waals surface area contributed by atoms with Crippen LogP contribution in [0.1, 0.15) is 18.4 Å². The van der Waals surface area contributed by atoms with Crippen LogP contribution < -0.4 is 26.6 Å². The maximum Gasteiger partial charge on any atom is 0.266 e. The van der Waals surface area contributed by atoms with Crippen LogP contribution in [0, 0.1) is 6.92 Å². The van der Waals surface area contributed by atoms with Crippen LogP contribution >= 0.6 is 12.2 Å². The smallest absolute Gasteiger partial charge is 0.266 e. The molecule has 4 N–H and O–H groups in total. The fourth-order valence-electron chi connectivity index (χ4n) is 1.98. The second-order valence-corrected chi connectivity index (χ2v) is 5.15. The Kier molecular flexibility index (Phi) is 4.99. The number of amides is 1. The van der Waals surface area contributed by atoms with Gasteiger partial charge in [0, 0.05) is 17.8 Å². The van der Waals surface area contributed by atoms with E-state index in [1.54, 1.807) is 0 Å². The zero-order valence-corrected chi connectivity index (χ0v) is 12.5. The molecule has 0 radical (unpaired) electrons. The van der Waals surface area contributed by atoms with Crippen molar-refractivity contribution in [2.45, 2.75) is 19.8 Å². The topological polar surface area (TPSA) is 88.2 Å². The first kappa shape index (κ1) is 15.1. The molecule has 1 aliphatic heterocycles. The Hall–Kier alpha value is -2.28. The highest BCUT2D eigenvalue weighted by molar-refractivity contribution is 7.80. The van der Waals surface area contributed by atoms with E-state index in [-0.39, 0.29) is 16.6 Å². The monoisotopic (exact) mass is 305 g/mol. The van der Waals surface area contributed by atoms with Crippen molar-refractivity contribution in [3.05, 3.63) is 41.3 Å². The quantitative estimate of drug-likeness (QED) is 0.463. The van der Waals surface area contributed by atoms with Gasteiger partial charge in [-0.1, -0.05) is 12.1 Å². The zero-order chi connectivity index (χ0) is 15.2. The Balaban J connectivity index is 1.85. The Morgan fingerprint density at radius 2 is 2.19 bits per heavy atom. The lowest BCUT2D eigenvalue weighted by Gasteiger charge is -2.25. The van der Waals surface area contributed by atoms with E-state index in [1.807, 2.05) is 31.2 Å². The van der Waals surface area contributed by atoms with Crippen LogP contribution in [0.25, 0.3) is 0 Å². The molecule has 7 heteroatoms. The molecular weight excluding hydrogens is 288 g/mol. The molecule has 0 saturated carbocycles. The van der Waals surface area contributed by atoms with Gasteiger partial charge in [0.15, 0.2) is 5.11 Å². The molecule has 0 aromatic heterocycles. The number of hydrazine groups is 1. The standard InChI is InChI=1S/C14H18N4O2S/c1-9-4-2-5-10(8-9)16-14(21)18-17-13(20)11-6-3-7-15-12(11)19/h2,4-5,8,15,19H,3,6-7H2,1H3,(H,17,20)(H2,16,18,21)/p-1. The second kappa shape index (κ2) is 6.94. The highest BCUT2D eigenvalue weighted by atomic mass is 32.1. The van der Waals surface area contributed by atoms with Crippen LogP contribution in [-0.4, -0.2) is 17.6 Å². The molecule has 0 unspecified atom stereocenters. The lowest BCUT2D eigenvalue weighted by atomic mass is 10.1. The van der Waals surface area contributed by atoms with E-state index in [0.29, 0.717) is 13.0 Å². The number of hydrogen-bond donors (Lipinski definition) is 4. The summed E-state index contributed by atoms with van der Waals surface area (Å²) in [7, 11) is 0. The lowest BCUT2D eigenvalue weighted by Crippen LogP contribution is -2.46. The Morgan fingerprint density at radius 3 is 2.90 bits per heavy atom. The summed E-state index contributed by atoms with van der Waals surface area (Å²) in [5.41, 5.74) is 7.15. The van der Waals surface area contributed by atoms with Gasteiger partial charge in [-0.3, -0.25) is 15.6 Å². The molecule has 0 bridgehead atoms. The minimum absolute atomic E-state index is 0.215. The summed E-state index contributed by atoms with van der Waals surface area (Å²) >= 11 is 5.08. The molecule has 0 saturated heterocycles. The third-order valence-electron chi connectivity index (χ3n) is 3.00. The summed E-state index contributed by atoms with van der Waals surface area (Å²) in [6.07, 6.45) is 1.23. The zero-order valence-electron chi connectivity index (χ0n) is 11.7. The van der Waals surface area contributed by atoms with Gasteiger partial charge in [0.1, 0.15) is 0 Å². The van der Waals surface area contributed by atoms with Gasteiger partial charge in [0.2, 0.25) is 0 Å². The average Bonchev–Trinajstić information content (AvgIpc) is 2.45. The van der Waals surface area contributed by atoms with E-state index < -0.39 is 5.91 Å². The third-order valence-corrected chi connectivity index (χ3v) is 3.21. The number of thiocarbonyl (C=S) groups is 1. The first-order valence-corrected chi connectivity index (χ1v) is 7.05. The molecule has 2 rings (SSSR count). The van der Waals surface area contributed by atoms with Crippen LogP contribution in [0.2, 0.25) is 0 Å². The van der Waals surface area contributed by atoms with E-state index in [1.165, 1.54) is 0 Å². The Labute approximate surface area is 128 Å². The van der Waals surface area contributed by atoms with E-state index >= 15 is 0 Å². The van der Waals surface area contributed by atoms with Crippen LogP contribution in [0.5, 0.6) is 0 Å². The third kappa shape index (κ3) is 4.35. The molecule has 0 aliphatic carbocycles. The summed E-state index contributed by atoms with van der Waals surface area (Å²) < 4.78 is 0. The summed E-state index contributed by atoms with van der Waals surface area (Å²) in [4.78, 5) is 11.9. The predicted octanol–water partition coefficient (Wildman–Crippen LogP) is 0.268. The molecule has 6 nitrogen and oxygen atoms in total. The number of hydrogen-bond acceptors (Lipinski definition) is 4. The van der Waals surface area contributed by atoms with E-state index in [4.69, 9.17) is 12.2 Å². The van der Waals surface area contributed by atoms with E-state index in [9.17, 15) is 9.90 Å². The summed E-state index contributed by atoms with van der Waals surface area (Å²) in [5, 5.41) is 17.4. The highest BCUT2D eigenvalue weighted by Crippen LogP contribution is 2.11. The van der Waals surface area contributed by atoms with Crippen LogP contribution in [0.15, 0.2) is 35.7 Å². The molecule has 0 fully saturated rings. The van der Waals surface area contributed by atoms with Gasteiger partial charge in [0.05, 0.1) is 0 Å². The predicted molar refractivity (Wildman–Crippen MR) is 82.9 cm³/mol. The minimum Gasteiger partial charge on any atom is -0.860 e. The molecular formula is C14H17N4O2S-. The lowest BCUT2D eigenvalue weighted by molar-refractivity contribution is -0.314. The first-order chi connectivity index (χ1) is 10.1. The van der Waals surface area contributed by atoms with Crippen LogP contribution in [0.3, 0.4) is 0 Å². The van der Waals surface area contributed by atoms with Gasteiger partial charge in [-0.05, 0) is 55.6 Å². The average molecular weight is 305 g/mol. The molecule has 21 heavy (non-hydrogen) atoms. The molecule has 1 aromatic carbocycles. The van der Waals surface area contributed by atoms with Gasteiger partial charge in [0.25, 0.3) is 5.91 Å². The number of nitrogens with one attached hydrogen (secondary N) is 4. The first-order valence-electron chi connectivity index (χ1n) is 6.64. The largest absolute Gasteiger partial charge is 0.860 e. The summed E-state index contributed by atoms with van der Waals surface area (Å²) in [6, 6.07) is 7.67. The van der Waals surface area contributed by atoms with Crippen LogP contribution in [0.4, 0.5) is 5.69 Å². The number of carbonyl (C=O) groups is 1. The summed E-state index contributed by atoms with van der Waals surface area (Å²) in [5.74, 6) is -0.779. The van der Waals surface area contributed by atoms with Crippen molar-refractivity contribution in [1.29, 1.82) is 0 Å². The van der Waals surface area contributed by atoms with Crippen molar-refractivity contribution in [2.75, 3.05) is 11.9 Å². The SMILES string of the molecule is Cc1cccc(NC(=S)NNC(=O)C2=C([O-])NCCC2)c1. The van der Waals surface area contributed by atoms with E-state index in [0.717, 1.165) is 17.7 Å². The number of rotatable bonds is 2. The fourth-order valence-corrected chi connectivity index (χ4v) is 2.15. The molecule has 112 valence electrons. The van der Waals surface area contributed by atoms with Crippen LogP contribution in [-0.2, 0) is 4.79 Å². The van der Waals surface area contributed by atoms with Crippen molar-refractivity contribution in [2.24, 2.45) is 0 Å². The van der Waals surface area contributed by atoms with Crippen molar-refractivity contribution < 1.29 is 9.90 Å². The van der Waals surface area contributed by atoms with Gasteiger partial charge in [-0.25, -0.2) is 0 Å². The maximum absolute atomic E-state index is 11.9. The number of aryl methyl sites for hydroxylation is 1. The molecule has 1 aliphatic rings. The fraction of sp³-hybridized carbons (Fsp3) is 0.286. The van der Waals surface area contributed by atoms with Gasteiger partial charge < -0.3 is 15.7 Å². The van der Waals surface area contributed by atoms with Crippen molar-refractivity contribution in [3.63, 3.8) is 0 Å². The molecule has 1 heterocycles. The number of anilines is 1. The number of carbonyl (C=O) groups excluding carboxylic acids is 1. The Bertz CT molecular complexity index is 586. The van der Waals surface area contributed by atoms with Gasteiger partial charge >= 0.3 is 0 Å². The Morgan fingerprint density at radius 1 is 1.38 bits per heavy atom. The number of benzene rings is 1. The summed E-state index contributed by atoms with van der Waals surface area (Å²) in [6.45, 7) is 2.58. The van der Waals surface area contributed by atoms with Crippen molar-refractivity contribution in [3.8, 4) is 0 Å². The normalized spacial score (nSPS) is 14.1. The molecule has 0 atom stereocenters. The van der Waals surface area contributed by atoms with Crippen molar-refractivity contribution >= 4 is 28.9 Å². The highest BCUT2D eigenvalue weighted by Gasteiger charge is 2.13. The molecule has 1 aromatic rings. The minimum atomic E-state index is -0.458. The van der Waals surface area contributed by atoms with Crippen molar-refractivity contribution in [1.82, 2.24) is 16.2 Å². The molecule has 1 amide bonds. The van der Waals surface area contributed by atoms with Gasteiger partial charge in [-0.15, -0.1) is 0 Å². The second-order valence-electron chi connectivity index (χ2n) is 4.74. The van der Waals surface area contributed by atoms with E-state index in [2.05, 4.69) is 21.5 Å². The maximum atomic E-state index is 11.9. The van der Waals surface area contributed by atoms with Gasteiger partial charge in [-0.2, -0.15) is 0 Å².